The Balaban J connectivity index is 1.36. The van der Waals surface area contributed by atoms with E-state index in [9.17, 15) is 27.5 Å². The number of aromatic nitrogens is 1. The maximum absolute atomic E-state index is 14.2. The smallest absolute Gasteiger partial charge is 0.244 e. The fourth-order valence-corrected chi connectivity index (χ4v) is 6.15. The summed E-state index contributed by atoms with van der Waals surface area (Å²) in [6.07, 6.45) is 1.28. The topological polar surface area (TPSA) is 129 Å². The molecule has 1 aliphatic heterocycles. The fourth-order valence-electron chi connectivity index (χ4n) is 4.86. The number of sulfonamides is 1. The average Bonchev–Trinajstić information content (AvgIpc) is 2.94. The zero-order valence-corrected chi connectivity index (χ0v) is 23.9. The molecule has 0 bridgehead atoms. The van der Waals surface area contributed by atoms with Crippen LogP contribution in [0.2, 0.25) is 0 Å². The van der Waals surface area contributed by atoms with Crippen LogP contribution in [-0.2, 0) is 26.0 Å². The van der Waals surface area contributed by atoms with Crippen LogP contribution in [0.4, 0.5) is 4.39 Å². The summed E-state index contributed by atoms with van der Waals surface area (Å²) < 4.78 is 42.2. The lowest BCUT2D eigenvalue weighted by Crippen LogP contribution is -2.58. The largest absolute Gasteiger partial charge is 0.389 e. The molecule has 4 rings (SSSR count). The van der Waals surface area contributed by atoms with Gasteiger partial charge in [-0.3, -0.25) is 14.6 Å². The number of aliphatic hydroxyl groups excluding tert-OH is 1. The molecule has 218 valence electrons. The van der Waals surface area contributed by atoms with Crippen LogP contribution in [0.3, 0.4) is 0 Å². The van der Waals surface area contributed by atoms with Crippen molar-refractivity contribution in [3.05, 3.63) is 84.3 Å². The average molecular weight is 583 g/mol. The maximum Gasteiger partial charge on any atom is 0.244 e. The maximum atomic E-state index is 14.2. The molecule has 1 fully saturated rings. The molecule has 9 nitrogen and oxygen atoms in total. The number of halogens is 1. The van der Waals surface area contributed by atoms with Gasteiger partial charge in [0.1, 0.15) is 16.8 Å². The van der Waals surface area contributed by atoms with E-state index in [0.717, 1.165) is 29.0 Å². The molecule has 2 amide bonds. The first-order valence-corrected chi connectivity index (χ1v) is 15.0. The van der Waals surface area contributed by atoms with E-state index in [0.29, 0.717) is 13.0 Å². The minimum Gasteiger partial charge on any atom is -0.389 e. The van der Waals surface area contributed by atoms with Crippen LogP contribution < -0.4 is 10.0 Å². The normalized spacial score (nSPS) is 18.2. The molecule has 0 spiro atoms. The number of benzene rings is 2. The Morgan fingerprint density at radius 3 is 2.54 bits per heavy atom. The Bertz CT molecular complexity index is 1470. The molecule has 2 unspecified atom stereocenters. The highest BCUT2D eigenvalue weighted by molar-refractivity contribution is 7.89. The number of carbonyl (C=O) groups is 2. The highest BCUT2D eigenvalue weighted by Crippen LogP contribution is 2.20. The second-order valence-corrected chi connectivity index (χ2v) is 12.3. The minimum atomic E-state index is -4.31. The van der Waals surface area contributed by atoms with Crippen molar-refractivity contribution in [2.24, 2.45) is 5.92 Å². The van der Waals surface area contributed by atoms with Crippen LogP contribution in [0.1, 0.15) is 32.3 Å². The van der Waals surface area contributed by atoms with Crippen molar-refractivity contribution in [1.82, 2.24) is 19.9 Å². The lowest BCUT2D eigenvalue weighted by molar-refractivity contribution is -0.134. The van der Waals surface area contributed by atoms with Crippen LogP contribution in [0.25, 0.3) is 11.3 Å². The van der Waals surface area contributed by atoms with Crippen molar-refractivity contribution in [3.8, 4) is 11.3 Å². The summed E-state index contributed by atoms with van der Waals surface area (Å²) in [4.78, 5) is 31.6. The van der Waals surface area contributed by atoms with Gasteiger partial charge in [0.15, 0.2) is 0 Å². The predicted molar refractivity (Wildman–Crippen MR) is 152 cm³/mol. The van der Waals surface area contributed by atoms with E-state index in [-0.39, 0.29) is 31.2 Å². The molecule has 3 aromatic rings. The highest BCUT2D eigenvalue weighted by atomic mass is 32.2. The zero-order valence-electron chi connectivity index (χ0n) is 23.0. The first kappa shape index (κ1) is 30.3. The fraction of sp³-hybridized carbons (Fsp3) is 0.367. The molecule has 3 atom stereocenters. The quantitative estimate of drug-likeness (QED) is 0.337. The number of nitrogens with one attached hydrogen (secondary N) is 2. The predicted octanol–water partition coefficient (Wildman–Crippen LogP) is 2.90. The summed E-state index contributed by atoms with van der Waals surface area (Å²) in [6.45, 7) is 4.02. The third-order valence-corrected chi connectivity index (χ3v) is 8.46. The van der Waals surface area contributed by atoms with Crippen LogP contribution in [0.15, 0.2) is 77.8 Å². The van der Waals surface area contributed by atoms with Crippen molar-refractivity contribution in [2.75, 3.05) is 13.1 Å². The number of likely N-dealkylation sites (tertiary alicyclic amines) is 1. The van der Waals surface area contributed by atoms with Crippen molar-refractivity contribution in [1.29, 1.82) is 0 Å². The van der Waals surface area contributed by atoms with E-state index >= 15 is 0 Å². The molecule has 41 heavy (non-hydrogen) atoms. The molecule has 1 saturated heterocycles. The molecule has 1 aromatic heterocycles. The lowest BCUT2D eigenvalue weighted by Gasteiger charge is -2.37. The van der Waals surface area contributed by atoms with Gasteiger partial charge in [-0.2, -0.15) is 4.72 Å². The number of nitrogens with zero attached hydrogens (tertiary/aromatic N) is 2. The van der Waals surface area contributed by atoms with Gasteiger partial charge in [0.05, 0.1) is 24.3 Å². The van der Waals surface area contributed by atoms with Gasteiger partial charge in [-0.25, -0.2) is 12.8 Å². The molecule has 1 aliphatic rings. The summed E-state index contributed by atoms with van der Waals surface area (Å²) in [5.41, 5.74) is 2.53. The Morgan fingerprint density at radius 2 is 1.85 bits per heavy atom. The van der Waals surface area contributed by atoms with Gasteiger partial charge in [0, 0.05) is 24.8 Å². The van der Waals surface area contributed by atoms with Gasteiger partial charge >= 0.3 is 0 Å². The standard InChI is InChI=1S/C30H35FN4O5S/c1-20(2)16-26(34-41(39,40)28-12-4-3-10-23(28)31)30(38)33-25-13-15-35(19-27(25)36)29(37)18-21-8-7-9-22(17-21)24-11-5-6-14-32-24/h3-12,14,17,20,25-27,34,36H,13,15-16,18-19H2,1-2H3,(H,33,38)/t25?,26-,27?/m0/s1. The van der Waals surface area contributed by atoms with Gasteiger partial charge in [0.25, 0.3) is 0 Å². The summed E-state index contributed by atoms with van der Waals surface area (Å²) >= 11 is 0. The van der Waals surface area contributed by atoms with Gasteiger partial charge in [-0.1, -0.05) is 50.2 Å². The van der Waals surface area contributed by atoms with Crippen molar-refractivity contribution in [3.63, 3.8) is 0 Å². The van der Waals surface area contributed by atoms with E-state index in [4.69, 9.17) is 0 Å². The van der Waals surface area contributed by atoms with E-state index in [2.05, 4.69) is 15.0 Å². The van der Waals surface area contributed by atoms with Crippen molar-refractivity contribution in [2.45, 2.75) is 56.2 Å². The van der Waals surface area contributed by atoms with Crippen LogP contribution in [-0.4, -0.2) is 66.5 Å². The lowest BCUT2D eigenvalue weighted by atomic mass is 9.98. The molecule has 3 N–H and O–H groups in total. The highest BCUT2D eigenvalue weighted by Gasteiger charge is 2.34. The van der Waals surface area contributed by atoms with Gasteiger partial charge in [0.2, 0.25) is 21.8 Å². The van der Waals surface area contributed by atoms with E-state index in [1.807, 2.05) is 56.3 Å². The summed E-state index contributed by atoms with van der Waals surface area (Å²) in [5.74, 6) is -1.73. The molecule has 2 aromatic carbocycles. The van der Waals surface area contributed by atoms with Crippen LogP contribution >= 0.6 is 0 Å². The van der Waals surface area contributed by atoms with E-state index < -0.39 is 44.8 Å². The second kappa shape index (κ2) is 13.3. The molecule has 0 aliphatic carbocycles. The first-order valence-electron chi connectivity index (χ1n) is 13.6. The zero-order chi connectivity index (χ0) is 29.6. The number of hydrogen-bond donors (Lipinski definition) is 3. The minimum absolute atomic E-state index is 0.0273. The van der Waals surface area contributed by atoms with Gasteiger partial charge in [-0.15, -0.1) is 0 Å². The molecule has 0 radical (unpaired) electrons. The van der Waals surface area contributed by atoms with Gasteiger partial charge < -0.3 is 15.3 Å². The third-order valence-electron chi connectivity index (χ3n) is 6.95. The monoisotopic (exact) mass is 582 g/mol. The molecular weight excluding hydrogens is 547 g/mol. The van der Waals surface area contributed by atoms with Crippen molar-refractivity contribution >= 4 is 21.8 Å². The molecular formula is C30H35FN4O5S. The second-order valence-electron chi connectivity index (χ2n) is 10.6. The number of hydrogen-bond acceptors (Lipinski definition) is 6. The number of piperidine rings is 1. The Hall–Kier alpha value is -3.67. The summed E-state index contributed by atoms with van der Waals surface area (Å²) in [6, 6.07) is 16.3. The first-order chi connectivity index (χ1) is 19.5. The number of carbonyl (C=O) groups excluding carboxylic acids is 2. The van der Waals surface area contributed by atoms with Crippen LogP contribution in [0, 0.1) is 11.7 Å². The summed E-state index contributed by atoms with van der Waals surface area (Å²) in [5, 5.41) is 13.5. The molecule has 11 heteroatoms. The molecule has 0 saturated carbocycles. The Kier molecular flexibility index (Phi) is 9.85. The van der Waals surface area contributed by atoms with Crippen molar-refractivity contribution < 1.29 is 27.5 Å². The Labute approximate surface area is 239 Å². The number of pyridine rings is 1. The molecule has 2 heterocycles. The van der Waals surface area contributed by atoms with E-state index in [1.165, 1.54) is 12.1 Å². The third kappa shape index (κ3) is 7.96. The Morgan fingerprint density at radius 1 is 1.10 bits per heavy atom. The summed E-state index contributed by atoms with van der Waals surface area (Å²) in [7, 11) is -4.31. The number of β-amino-alcohol motifs (C(OH)–C–C–N with tert-alkyl or cyclic N) is 1. The number of rotatable bonds is 10. The van der Waals surface area contributed by atoms with E-state index in [1.54, 1.807) is 11.1 Å². The number of amides is 2. The number of aliphatic hydroxyl groups is 1. The van der Waals surface area contributed by atoms with Gasteiger partial charge in [-0.05, 0) is 54.7 Å². The van der Waals surface area contributed by atoms with Crippen LogP contribution in [0.5, 0.6) is 0 Å². The SMILES string of the molecule is CC(C)C[C@H](NS(=O)(=O)c1ccccc1F)C(=O)NC1CCN(C(=O)Cc2cccc(-c3ccccn3)c2)CC1O.